The van der Waals surface area contributed by atoms with E-state index < -0.39 is 12.2 Å². The Morgan fingerprint density at radius 3 is 2.12 bits per heavy atom. The minimum Gasteiger partial charge on any atom is -0.406 e. The molecule has 6 nitrogen and oxygen atoms in total. The fraction of sp³-hybridized carbons (Fsp3) is 0.200. The average molecular weight is 224 g/mol. The van der Waals surface area contributed by atoms with Crippen LogP contribution in [0.3, 0.4) is 0 Å². The van der Waals surface area contributed by atoms with Gasteiger partial charge in [0.2, 0.25) is 0 Å². The number of benzene rings is 1. The van der Waals surface area contributed by atoms with Crippen molar-refractivity contribution in [3.8, 4) is 11.5 Å². The molecule has 0 saturated heterocycles. The van der Waals surface area contributed by atoms with Crippen LogP contribution < -0.4 is 20.9 Å². The van der Waals surface area contributed by atoms with Gasteiger partial charge in [0.05, 0.1) is 0 Å². The van der Waals surface area contributed by atoms with Crippen LogP contribution in [0.4, 0.5) is 9.59 Å². The van der Waals surface area contributed by atoms with Gasteiger partial charge < -0.3 is 20.9 Å². The van der Waals surface area contributed by atoms with Gasteiger partial charge in [-0.15, -0.1) is 0 Å². The van der Waals surface area contributed by atoms with Crippen LogP contribution in [-0.4, -0.2) is 12.2 Å². The first-order valence-corrected chi connectivity index (χ1v) is 4.46. The summed E-state index contributed by atoms with van der Waals surface area (Å²) >= 11 is 0. The van der Waals surface area contributed by atoms with Gasteiger partial charge in [-0.3, -0.25) is 0 Å². The Bertz CT molecular complexity index is 443. The molecule has 4 N–H and O–H groups in total. The molecule has 86 valence electrons. The first-order chi connectivity index (χ1) is 7.41. The predicted octanol–water partition coefficient (Wildman–Crippen LogP) is 1.22. The Morgan fingerprint density at radius 1 is 1.06 bits per heavy atom. The number of aryl methyl sites for hydroxylation is 1. The van der Waals surface area contributed by atoms with Crippen molar-refractivity contribution in [2.45, 2.75) is 13.8 Å². The molecule has 0 aliphatic rings. The number of hydrogen-bond acceptors (Lipinski definition) is 4. The number of primary amides is 2. The maximum atomic E-state index is 10.7. The van der Waals surface area contributed by atoms with E-state index in [-0.39, 0.29) is 11.5 Å². The molecule has 0 aliphatic heterocycles. The fourth-order valence-electron chi connectivity index (χ4n) is 1.18. The molecule has 1 rings (SSSR count). The Balaban J connectivity index is 3.20. The molecular weight excluding hydrogens is 212 g/mol. The van der Waals surface area contributed by atoms with Crippen molar-refractivity contribution < 1.29 is 19.1 Å². The molecule has 0 heterocycles. The highest BCUT2D eigenvalue weighted by molar-refractivity contribution is 5.73. The normalized spacial score (nSPS) is 9.62. The van der Waals surface area contributed by atoms with Gasteiger partial charge in [-0.05, 0) is 31.0 Å². The zero-order valence-corrected chi connectivity index (χ0v) is 8.94. The van der Waals surface area contributed by atoms with E-state index in [4.69, 9.17) is 16.2 Å². The summed E-state index contributed by atoms with van der Waals surface area (Å²) in [6.07, 6.45) is -1.97. The summed E-state index contributed by atoms with van der Waals surface area (Å²) in [6, 6.07) is 3.19. The zero-order valence-electron chi connectivity index (χ0n) is 8.94. The van der Waals surface area contributed by atoms with Crippen LogP contribution in [0.2, 0.25) is 0 Å². The van der Waals surface area contributed by atoms with Crippen molar-refractivity contribution in [3.05, 3.63) is 23.3 Å². The summed E-state index contributed by atoms with van der Waals surface area (Å²) in [5.41, 5.74) is 11.3. The van der Waals surface area contributed by atoms with Crippen LogP contribution in [-0.2, 0) is 0 Å². The van der Waals surface area contributed by atoms with Crippen LogP contribution >= 0.6 is 0 Å². The molecule has 1 aromatic carbocycles. The SMILES string of the molecule is Cc1ccc(OC(N)=O)c(OC(N)=O)c1C. The number of amides is 2. The lowest BCUT2D eigenvalue weighted by Gasteiger charge is -2.12. The van der Waals surface area contributed by atoms with E-state index in [1.165, 1.54) is 6.07 Å². The smallest absolute Gasteiger partial charge is 0.406 e. The molecular formula is C10H12N2O4. The number of carbonyl (C=O) groups is 2. The number of carbonyl (C=O) groups excluding carboxylic acids is 2. The first kappa shape index (κ1) is 11.8. The van der Waals surface area contributed by atoms with Crippen LogP contribution in [0.25, 0.3) is 0 Å². The van der Waals surface area contributed by atoms with Gasteiger partial charge in [-0.25, -0.2) is 9.59 Å². The van der Waals surface area contributed by atoms with E-state index in [1.54, 1.807) is 13.0 Å². The lowest BCUT2D eigenvalue weighted by molar-refractivity contribution is 0.200. The summed E-state index contributed by atoms with van der Waals surface area (Å²) in [7, 11) is 0. The van der Waals surface area contributed by atoms with Crippen molar-refractivity contribution in [2.75, 3.05) is 0 Å². The zero-order chi connectivity index (χ0) is 12.3. The Kier molecular flexibility index (Phi) is 3.34. The van der Waals surface area contributed by atoms with Crippen molar-refractivity contribution in [1.82, 2.24) is 0 Å². The molecule has 6 heteroatoms. The van der Waals surface area contributed by atoms with Gasteiger partial charge in [-0.2, -0.15) is 0 Å². The maximum absolute atomic E-state index is 10.7. The van der Waals surface area contributed by atoms with Crippen LogP contribution in [0, 0.1) is 13.8 Å². The van der Waals surface area contributed by atoms with E-state index in [1.807, 2.05) is 6.92 Å². The Hall–Kier alpha value is -2.24. The monoisotopic (exact) mass is 224 g/mol. The van der Waals surface area contributed by atoms with E-state index in [0.717, 1.165) is 5.56 Å². The van der Waals surface area contributed by atoms with Crippen molar-refractivity contribution in [3.63, 3.8) is 0 Å². The Labute approximate surface area is 92.1 Å². The molecule has 0 aliphatic carbocycles. The summed E-state index contributed by atoms with van der Waals surface area (Å²) in [5, 5.41) is 0. The van der Waals surface area contributed by atoms with Crippen LogP contribution in [0.5, 0.6) is 11.5 Å². The molecule has 0 unspecified atom stereocenters. The summed E-state index contributed by atoms with van der Waals surface area (Å²) < 4.78 is 9.45. The fourth-order valence-corrected chi connectivity index (χ4v) is 1.18. The second-order valence-corrected chi connectivity index (χ2v) is 3.18. The standard InChI is InChI=1S/C10H12N2O4/c1-5-3-4-7(15-9(11)13)8(6(5)2)16-10(12)14/h3-4H,1-2H3,(H2,11,13)(H2,12,14). The third-order valence-corrected chi connectivity index (χ3v) is 2.05. The van der Waals surface area contributed by atoms with E-state index in [0.29, 0.717) is 5.56 Å². The second kappa shape index (κ2) is 4.52. The average Bonchev–Trinajstić information content (AvgIpc) is 2.16. The van der Waals surface area contributed by atoms with Gasteiger partial charge in [0.25, 0.3) is 0 Å². The summed E-state index contributed by atoms with van der Waals surface area (Å²) in [5.74, 6) is 0.167. The summed E-state index contributed by atoms with van der Waals surface area (Å²) in [4.78, 5) is 21.3. The lowest BCUT2D eigenvalue weighted by atomic mass is 10.1. The molecule has 0 spiro atoms. The van der Waals surface area contributed by atoms with Gasteiger partial charge in [-0.1, -0.05) is 6.07 Å². The van der Waals surface area contributed by atoms with Crippen LogP contribution in [0.15, 0.2) is 12.1 Å². The molecule has 0 aromatic heterocycles. The molecule has 2 amide bonds. The maximum Gasteiger partial charge on any atom is 0.410 e. The van der Waals surface area contributed by atoms with Gasteiger partial charge in [0.15, 0.2) is 11.5 Å². The minimum absolute atomic E-state index is 0.0643. The number of ether oxygens (including phenoxy) is 2. The number of rotatable bonds is 2. The lowest BCUT2D eigenvalue weighted by Crippen LogP contribution is -2.20. The highest BCUT2D eigenvalue weighted by Gasteiger charge is 2.14. The number of nitrogens with two attached hydrogens (primary N) is 2. The quantitative estimate of drug-likeness (QED) is 0.787. The molecule has 0 saturated carbocycles. The Morgan fingerprint density at radius 2 is 1.62 bits per heavy atom. The van der Waals surface area contributed by atoms with Gasteiger partial charge in [0, 0.05) is 0 Å². The predicted molar refractivity (Wildman–Crippen MR) is 56.3 cm³/mol. The van der Waals surface area contributed by atoms with E-state index in [2.05, 4.69) is 4.74 Å². The van der Waals surface area contributed by atoms with E-state index >= 15 is 0 Å². The number of hydrogen-bond donors (Lipinski definition) is 2. The summed E-state index contributed by atoms with van der Waals surface area (Å²) in [6.45, 7) is 3.53. The van der Waals surface area contributed by atoms with Crippen LogP contribution in [0.1, 0.15) is 11.1 Å². The van der Waals surface area contributed by atoms with Crippen molar-refractivity contribution >= 4 is 12.2 Å². The topological polar surface area (TPSA) is 105 Å². The van der Waals surface area contributed by atoms with Crippen molar-refractivity contribution in [1.29, 1.82) is 0 Å². The molecule has 1 aromatic rings. The second-order valence-electron chi connectivity index (χ2n) is 3.18. The minimum atomic E-state index is -0.988. The highest BCUT2D eigenvalue weighted by atomic mass is 16.6. The molecule has 0 radical (unpaired) electrons. The third kappa shape index (κ3) is 2.63. The van der Waals surface area contributed by atoms with Crippen molar-refractivity contribution in [2.24, 2.45) is 11.5 Å². The van der Waals surface area contributed by atoms with Gasteiger partial charge in [0.1, 0.15) is 0 Å². The molecule has 0 bridgehead atoms. The molecule has 16 heavy (non-hydrogen) atoms. The van der Waals surface area contributed by atoms with E-state index in [9.17, 15) is 9.59 Å². The third-order valence-electron chi connectivity index (χ3n) is 2.05. The molecule has 0 fully saturated rings. The first-order valence-electron chi connectivity index (χ1n) is 4.46. The largest absolute Gasteiger partial charge is 0.410 e. The molecule has 0 atom stereocenters. The van der Waals surface area contributed by atoms with Gasteiger partial charge >= 0.3 is 12.2 Å². The highest BCUT2D eigenvalue weighted by Crippen LogP contribution is 2.33.